The van der Waals surface area contributed by atoms with E-state index in [-0.39, 0.29) is 12.5 Å². The number of ether oxygens (including phenoxy) is 1. The number of carbonyl (C=O) groups is 1. The number of para-hydroxylation sites is 1. The molecule has 0 unspecified atom stereocenters. The standard InChI is InChI=1S/C24H21F3N2O3/c1-29(13-15-7-9-16(10-8-15)24(25,26)27)14-23(30)28-19-12-21-18(11-22(19)31-2)17-5-3-4-6-20(17)32-21/h3-12H,13-14H2,1-2H3,(H,28,30). The Bertz CT molecular complexity index is 1260. The summed E-state index contributed by atoms with van der Waals surface area (Å²) in [6.45, 7) is 0.369. The molecule has 4 aromatic rings. The third kappa shape index (κ3) is 4.55. The van der Waals surface area contributed by atoms with Crippen molar-refractivity contribution in [2.24, 2.45) is 0 Å². The molecule has 0 saturated heterocycles. The number of nitrogens with zero attached hydrogens (tertiary/aromatic N) is 1. The quantitative estimate of drug-likeness (QED) is 0.417. The Kier molecular flexibility index (Phi) is 5.80. The highest BCUT2D eigenvalue weighted by atomic mass is 19.4. The normalized spacial score (nSPS) is 11.9. The topological polar surface area (TPSA) is 54.7 Å². The van der Waals surface area contributed by atoms with E-state index in [2.05, 4.69) is 5.32 Å². The maximum Gasteiger partial charge on any atom is 0.416 e. The largest absolute Gasteiger partial charge is 0.495 e. The second-order valence-electron chi connectivity index (χ2n) is 7.56. The van der Waals surface area contributed by atoms with Crippen LogP contribution in [0.15, 0.2) is 65.1 Å². The minimum atomic E-state index is -4.37. The Morgan fingerprint density at radius 2 is 1.75 bits per heavy atom. The first kappa shape index (κ1) is 21.7. The molecule has 166 valence electrons. The van der Waals surface area contributed by atoms with Crippen LogP contribution in [0.3, 0.4) is 0 Å². The van der Waals surface area contributed by atoms with Crippen LogP contribution in [0, 0.1) is 0 Å². The van der Waals surface area contributed by atoms with Gasteiger partial charge in [-0.15, -0.1) is 0 Å². The van der Waals surface area contributed by atoms with E-state index in [1.807, 2.05) is 30.3 Å². The van der Waals surface area contributed by atoms with Crippen LogP contribution in [0.2, 0.25) is 0 Å². The molecule has 0 aliphatic rings. The van der Waals surface area contributed by atoms with E-state index < -0.39 is 11.7 Å². The summed E-state index contributed by atoms with van der Waals surface area (Å²) in [7, 11) is 3.24. The number of amides is 1. The van der Waals surface area contributed by atoms with Crippen LogP contribution >= 0.6 is 0 Å². The van der Waals surface area contributed by atoms with Crippen molar-refractivity contribution in [3.05, 3.63) is 71.8 Å². The average molecular weight is 442 g/mol. The van der Waals surface area contributed by atoms with Gasteiger partial charge in [0, 0.05) is 23.4 Å². The van der Waals surface area contributed by atoms with E-state index in [4.69, 9.17) is 9.15 Å². The molecule has 4 rings (SSSR count). The van der Waals surface area contributed by atoms with Gasteiger partial charge in [0.05, 0.1) is 24.9 Å². The van der Waals surface area contributed by atoms with Gasteiger partial charge < -0.3 is 14.5 Å². The van der Waals surface area contributed by atoms with Gasteiger partial charge in [0.15, 0.2) is 0 Å². The number of likely N-dealkylation sites (N-methyl/N-ethyl adjacent to an activating group) is 1. The number of fused-ring (bicyclic) bond motifs is 3. The lowest BCUT2D eigenvalue weighted by molar-refractivity contribution is -0.137. The Hall–Kier alpha value is -3.52. The van der Waals surface area contributed by atoms with Gasteiger partial charge in [-0.05, 0) is 36.9 Å². The zero-order valence-corrected chi connectivity index (χ0v) is 17.5. The first-order valence-electron chi connectivity index (χ1n) is 9.88. The van der Waals surface area contributed by atoms with Crippen molar-refractivity contribution < 1.29 is 27.1 Å². The number of hydrogen-bond acceptors (Lipinski definition) is 4. The lowest BCUT2D eigenvalue weighted by Crippen LogP contribution is -2.30. The number of anilines is 1. The lowest BCUT2D eigenvalue weighted by Gasteiger charge is -2.17. The molecule has 5 nitrogen and oxygen atoms in total. The fourth-order valence-electron chi connectivity index (χ4n) is 3.62. The highest BCUT2D eigenvalue weighted by molar-refractivity contribution is 6.07. The van der Waals surface area contributed by atoms with E-state index in [9.17, 15) is 18.0 Å². The maximum atomic E-state index is 12.7. The van der Waals surface area contributed by atoms with Gasteiger partial charge in [-0.1, -0.05) is 30.3 Å². The summed E-state index contributed by atoms with van der Waals surface area (Å²) in [6, 6.07) is 16.1. The molecule has 1 N–H and O–H groups in total. The zero-order valence-electron chi connectivity index (χ0n) is 17.5. The molecule has 1 heterocycles. The predicted molar refractivity (Wildman–Crippen MR) is 117 cm³/mol. The summed E-state index contributed by atoms with van der Waals surface area (Å²) < 4.78 is 49.4. The number of carbonyl (C=O) groups excluding carboxylic acids is 1. The van der Waals surface area contributed by atoms with Gasteiger partial charge in [0.1, 0.15) is 16.9 Å². The number of nitrogens with one attached hydrogen (secondary N) is 1. The van der Waals surface area contributed by atoms with Crippen molar-refractivity contribution in [3.8, 4) is 5.75 Å². The van der Waals surface area contributed by atoms with Gasteiger partial charge in [0.25, 0.3) is 0 Å². The van der Waals surface area contributed by atoms with Gasteiger partial charge in [-0.25, -0.2) is 0 Å². The number of methoxy groups -OCH3 is 1. The van der Waals surface area contributed by atoms with Crippen LogP contribution in [-0.4, -0.2) is 31.5 Å². The predicted octanol–water partition coefficient (Wildman–Crippen LogP) is 5.68. The molecular weight excluding hydrogens is 421 g/mol. The van der Waals surface area contributed by atoms with E-state index in [0.717, 1.165) is 28.5 Å². The molecule has 0 spiro atoms. The fourth-order valence-corrected chi connectivity index (χ4v) is 3.62. The molecule has 3 aromatic carbocycles. The zero-order chi connectivity index (χ0) is 22.9. The molecule has 1 aromatic heterocycles. The average Bonchev–Trinajstić information content (AvgIpc) is 3.10. The van der Waals surface area contributed by atoms with Gasteiger partial charge in [-0.2, -0.15) is 13.2 Å². The monoisotopic (exact) mass is 442 g/mol. The number of rotatable bonds is 6. The van der Waals surface area contributed by atoms with E-state index in [1.54, 1.807) is 18.0 Å². The maximum absolute atomic E-state index is 12.7. The molecule has 0 aliphatic heterocycles. The molecule has 8 heteroatoms. The van der Waals surface area contributed by atoms with Crippen LogP contribution in [0.5, 0.6) is 5.75 Å². The molecular formula is C24H21F3N2O3. The first-order chi connectivity index (χ1) is 15.2. The van der Waals surface area contributed by atoms with Crippen molar-refractivity contribution in [2.45, 2.75) is 12.7 Å². The highest BCUT2D eigenvalue weighted by Gasteiger charge is 2.30. The van der Waals surface area contributed by atoms with Crippen LogP contribution < -0.4 is 10.1 Å². The Morgan fingerprint density at radius 1 is 1.03 bits per heavy atom. The van der Waals surface area contributed by atoms with E-state index >= 15 is 0 Å². The van der Waals surface area contributed by atoms with E-state index in [0.29, 0.717) is 29.1 Å². The van der Waals surface area contributed by atoms with Crippen molar-refractivity contribution in [1.82, 2.24) is 4.90 Å². The van der Waals surface area contributed by atoms with Crippen LogP contribution in [0.4, 0.5) is 18.9 Å². The van der Waals surface area contributed by atoms with Crippen LogP contribution in [0.1, 0.15) is 11.1 Å². The molecule has 1 amide bonds. The summed E-state index contributed by atoms with van der Waals surface area (Å²) in [5.41, 5.74) is 1.82. The van der Waals surface area contributed by atoms with E-state index in [1.165, 1.54) is 19.2 Å². The SMILES string of the molecule is COc1cc2c(cc1NC(=O)CN(C)Cc1ccc(C(F)(F)F)cc1)oc1ccccc12. The third-order valence-corrected chi connectivity index (χ3v) is 5.12. The van der Waals surface area contributed by atoms with Gasteiger partial charge >= 0.3 is 6.18 Å². The van der Waals surface area contributed by atoms with Crippen molar-refractivity contribution in [1.29, 1.82) is 0 Å². The minimum Gasteiger partial charge on any atom is -0.495 e. The van der Waals surface area contributed by atoms with Crippen molar-refractivity contribution >= 4 is 33.5 Å². The summed E-state index contributed by atoms with van der Waals surface area (Å²) >= 11 is 0. The number of furan rings is 1. The molecule has 0 radical (unpaired) electrons. The number of halogens is 3. The van der Waals surface area contributed by atoms with Crippen LogP contribution in [-0.2, 0) is 17.5 Å². The summed E-state index contributed by atoms with van der Waals surface area (Å²) in [4.78, 5) is 14.3. The second-order valence-corrected chi connectivity index (χ2v) is 7.56. The summed E-state index contributed by atoms with van der Waals surface area (Å²) in [5.74, 6) is 0.218. The van der Waals surface area contributed by atoms with Gasteiger partial charge in [0.2, 0.25) is 5.91 Å². The molecule has 0 atom stereocenters. The Labute approximate surface area is 182 Å². The van der Waals surface area contributed by atoms with Crippen molar-refractivity contribution in [2.75, 3.05) is 26.0 Å². The highest BCUT2D eigenvalue weighted by Crippen LogP contribution is 2.36. The Balaban J connectivity index is 1.45. The number of hydrogen-bond donors (Lipinski definition) is 1. The molecule has 0 saturated carbocycles. The molecule has 32 heavy (non-hydrogen) atoms. The molecule has 0 fully saturated rings. The lowest BCUT2D eigenvalue weighted by atomic mass is 10.1. The van der Waals surface area contributed by atoms with Gasteiger partial charge in [-0.3, -0.25) is 9.69 Å². The number of alkyl halides is 3. The minimum absolute atomic E-state index is 0.0440. The number of benzene rings is 3. The van der Waals surface area contributed by atoms with Crippen LogP contribution in [0.25, 0.3) is 21.9 Å². The third-order valence-electron chi connectivity index (χ3n) is 5.12. The Morgan fingerprint density at radius 3 is 2.44 bits per heavy atom. The first-order valence-corrected chi connectivity index (χ1v) is 9.88. The second kappa shape index (κ2) is 8.55. The molecule has 0 bridgehead atoms. The molecule has 0 aliphatic carbocycles. The van der Waals surface area contributed by atoms with Crippen molar-refractivity contribution in [3.63, 3.8) is 0 Å². The summed E-state index contributed by atoms with van der Waals surface area (Å²) in [6.07, 6.45) is -4.37. The summed E-state index contributed by atoms with van der Waals surface area (Å²) in [5, 5.41) is 4.67. The smallest absolute Gasteiger partial charge is 0.416 e. The fraction of sp³-hybridized carbons (Fsp3) is 0.208.